The van der Waals surface area contributed by atoms with Crippen molar-refractivity contribution < 1.29 is 43.7 Å². The van der Waals surface area contributed by atoms with Crippen LogP contribution in [0.1, 0.15) is 122 Å². The number of carboxylic acid groups (broad SMARTS) is 2. The second kappa shape index (κ2) is 21.4. The molecule has 3 aromatic rings. The fraction of sp³-hybridized carbons (Fsp3) is 0.538. The number of carbonyl (C=O) groups excluding carboxylic acids is 4. The number of nitrogens with zero attached hydrogens (tertiary/aromatic N) is 3. The van der Waals surface area contributed by atoms with Gasteiger partial charge in [0.15, 0.2) is 0 Å². The molecule has 6 atom stereocenters. The average Bonchev–Trinajstić information content (AvgIpc) is 3.78. The lowest BCUT2D eigenvalue weighted by Gasteiger charge is -2.31. The molecule has 2 N–H and O–H groups in total. The van der Waals surface area contributed by atoms with E-state index in [9.17, 15) is 39.0 Å². The Hall–Kier alpha value is -5.52. The maximum atomic E-state index is 13.5. The van der Waals surface area contributed by atoms with E-state index < -0.39 is 41.5 Å². The third-order valence-electron chi connectivity index (χ3n) is 12.7. The van der Waals surface area contributed by atoms with Crippen molar-refractivity contribution in [1.29, 1.82) is 0 Å². The summed E-state index contributed by atoms with van der Waals surface area (Å²) in [6, 6.07) is 21.0. The molecule has 4 aliphatic heterocycles. The van der Waals surface area contributed by atoms with Crippen molar-refractivity contribution in [2.45, 2.75) is 144 Å². The van der Waals surface area contributed by atoms with Gasteiger partial charge in [-0.3, -0.25) is 33.8 Å². The van der Waals surface area contributed by atoms with Crippen molar-refractivity contribution in [3.05, 3.63) is 94.5 Å². The van der Waals surface area contributed by atoms with Crippen LogP contribution < -0.4 is 9.80 Å². The van der Waals surface area contributed by atoms with Crippen LogP contribution in [-0.2, 0) is 65.7 Å². The number of anilines is 2. The van der Waals surface area contributed by atoms with Crippen molar-refractivity contribution >= 4 is 47.0 Å². The molecule has 0 saturated heterocycles. The first-order chi connectivity index (χ1) is 30.3. The van der Waals surface area contributed by atoms with Gasteiger partial charge in [-0.05, 0) is 100.0 Å². The first-order valence-electron chi connectivity index (χ1n) is 23.2. The van der Waals surface area contributed by atoms with E-state index in [-0.39, 0.29) is 41.4 Å². The molecule has 0 aliphatic carbocycles. The van der Waals surface area contributed by atoms with Gasteiger partial charge in [0, 0.05) is 37.8 Å². The number of aryl methyl sites for hydroxylation is 2. The van der Waals surface area contributed by atoms with Crippen LogP contribution in [0.2, 0.25) is 0 Å². The number of carboxylic acids is 2. The molecule has 4 heterocycles. The molecule has 12 nitrogen and oxygen atoms in total. The number of hydrogen-bond acceptors (Lipinski definition) is 7. The van der Waals surface area contributed by atoms with Crippen LogP contribution >= 0.6 is 0 Å². The number of rotatable bonds is 12. The highest BCUT2D eigenvalue weighted by molar-refractivity contribution is 6.06. The maximum Gasteiger partial charge on any atom is 0.327 e. The van der Waals surface area contributed by atoms with Gasteiger partial charge >= 0.3 is 17.9 Å². The number of esters is 1. The van der Waals surface area contributed by atoms with Gasteiger partial charge in [-0.15, -0.1) is 0 Å². The molecule has 0 radical (unpaired) electrons. The van der Waals surface area contributed by atoms with Gasteiger partial charge in [0.25, 0.3) is 0 Å². The summed E-state index contributed by atoms with van der Waals surface area (Å²) in [5.41, 5.74) is 6.82. The molecule has 64 heavy (non-hydrogen) atoms. The highest BCUT2D eigenvalue weighted by Crippen LogP contribution is 2.42. The average molecular weight is 880 g/mol. The Labute approximate surface area is 379 Å². The molecule has 0 spiro atoms. The van der Waals surface area contributed by atoms with Gasteiger partial charge in [-0.2, -0.15) is 0 Å². The number of carbonyl (C=O) groups is 6. The van der Waals surface area contributed by atoms with Gasteiger partial charge in [0.1, 0.15) is 17.7 Å². The van der Waals surface area contributed by atoms with Crippen LogP contribution in [0.3, 0.4) is 0 Å². The van der Waals surface area contributed by atoms with Crippen molar-refractivity contribution in [3.8, 4) is 0 Å². The summed E-state index contributed by atoms with van der Waals surface area (Å²) in [5, 5.41) is 18.7. The first kappa shape index (κ1) is 49.5. The van der Waals surface area contributed by atoms with Gasteiger partial charge < -0.3 is 19.8 Å². The molecule has 0 saturated carbocycles. The Bertz CT molecular complexity index is 2160. The smallest absolute Gasteiger partial charge is 0.327 e. The summed E-state index contributed by atoms with van der Waals surface area (Å²) in [6.07, 6.45) is 6.24. The number of ether oxygens (including phenoxy) is 1. The Kier molecular flexibility index (Phi) is 16.6. The third kappa shape index (κ3) is 11.6. The summed E-state index contributed by atoms with van der Waals surface area (Å²) in [7, 11) is 0. The second-order valence-corrected chi connectivity index (χ2v) is 19.3. The monoisotopic (exact) mass is 880 g/mol. The minimum absolute atomic E-state index is 0.0472. The zero-order valence-electron chi connectivity index (χ0n) is 39.3. The SMILES string of the molecule is CCC[C@H](C(=O)OC(C)(C)C)[C@@H](CC(C)C)C(=O)O.CCN(Cc1ccccc1)C(=O)[C@@H]1Cc2cccc3c2N1C(=O)[C@@H](C)CC3.C[C@H]1CCc2cccc3c2N(C1=O)C(C(=O)O)C3. The highest BCUT2D eigenvalue weighted by atomic mass is 16.6. The number of likely N-dealkylation sites (N-methyl/N-ethyl adjacent to an activating group) is 1. The van der Waals surface area contributed by atoms with Crippen LogP contribution in [0.25, 0.3) is 0 Å². The summed E-state index contributed by atoms with van der Waals surface area (Å²) < 4.78 is 5.36. The normalized spacial score (nSPS) is 20.6. The highest BCUT2D eigenvalue weighted by Gasteiger charge is 2.45. The van der Waals surface area contributed by atoms with Crippen LogP contribution in [-0.4, -0.2) is 75.0 Å². The molecule has 3 amide bonds. The number of hydrogen-bond donors (Lipinski definition) is 2. The van der Waals surface area contributed by atoms with Crippen LogP contribution in [0.4, 0.5) is 11.4 Å². The lowest BCUT2D eigenvalue weighted by atomic mass is 9.82. The van der Waals surface area contributed by atoms with E-state index in [2.05, 4.69) is 18.2 Å². The Morgan fingerprint density at radius 2 is 1.23 bits per heavy atom. The number of amides is 3. The predicted molar refractivity (Wildman–Crippen MR) is 248 cm³/mol. The third-order valence-corrected chi connectivity index (χ3v) is 12.7. The van der Waals surface area contributed by atoms with E-state index in [4.69, 9.17) is 4.74 Å². The van der Waals surface area contributed by atoms with Crippen LogP contribution in [0.15, 0.2) is 66.7 Å². The van der Waals surface area contributed by atoms with Crippen molar-refractivity contribution in [2.24, 2.45) is 29.6 Å². The van der Waals surface area contributed by atoms with Crippen LogP contribution in [0, 0.1) is 29.6 Å². The minimum atomic E-state index is -0.917. The van der Waals surface area contributed by atoms with Gasteiger partial charge in [-0.1, -0.05) is 108 Å². The standard InChI is InChI=1S/C23H26N2O2.C15H28O4.C14H15NO3/c1-3-24(15-17-8-5-4-6-9-17)23(27)20-14-19-11-7-10-18-13-12-16(2)22(26)25(20)21(18)19;1-7-8-11(14(18)19-15(4,5)6)12(13(16)17)9-10(2)3;1-8-5-6-9-3-2-4-10-7-11(14(17)18)15(12(9)10)13(8)16/h4-11,16,20H,3,12-15H2,1-2H3;10-12H,7-9H2,1-6H3,(H,16,17);2-4,8,11H,5-7H2,1H3,(H,17,18)/t16-,20-;11-,12+;8-,11?/m000/s1. The number of aliphatic carboxylic acids is 2. The molecular formula is C52H69N3O9. The van der Waals surface area contributed by atoms with Crippen LogP contribution in [0.5, 0.6) is 0 Å². The topological polar surface area (TPSA) is 162 Å². The predicted octanol–water partition coefficient (Wildman–Crippen LogP) is 8.68. The zero-order chi connectivity index (χ0) is 47.0. The lowest BCUT2D eigenvalue weighted by molar-refractivity contribution is -0.167. The van der Waals surface area contributed by atoms with Gasteiger partial charge in [-0.25, -0.2) is 4.79 Å². The van der Waals surface area contributed by atoms with E-state index in [1.807, 2.05) is 99.9 Å². The first-order valence-corrected chi connectivity index (χ1v) is 23.2. The largest absolute Gasteiger partial charge is 0.481 e. The zero-order valence-corrected chi connectivity index (χ0v) is 39.3. The Morgan fingerprint density at radius 3 is 1.69 bits per heavy atom. The maximum absolute atomic E-state index is 13.5. The Morgan fingerprint density at radius 1 is 0.734 bits per heavy atom. The van der Waals surface area contributed by atoms with E-state index in [1.165, 1.54) is 10.5 Å². The van der Waals surface area contributed by atoms with Gasteiger partial charge in [0.2, 0.25) is 17.7 Å². The van der Waals surface area contributed by atoms with Gasteiger partial charge in [0.05, 0.1) is 23.2 Å². The van der Waals surface area contributed by atoms with Crippen molar-refractivity contribution in [1.82, 2.24) is 4.90 Å². The fourth-order valence-corrected chi connectivity index (χ4v) is 9.42. The van der Waals surface area contributed by atoms with Crippen molar-refractivity contribution in [3.63, 3.8) is 0 Å². The lowest BCUT2D eigenvalue weighted by Crippen LogP contribution is -2.50. The second-order valence-electron chi connectivity index (χ2n) is 19.3. The van der Waals surface area contributed by atoms with E-state index in [1.54, 1.807) is 20.8 Å². The summed E-state index contributed by atoms with van der Waals surface area (Å²) >= 11 is 0. The van der Waals surface area contributed by atoms with E-state index in [0.29, 0.717) is 38.8 Å². The molecule has 1 unspecified atom stereocenters. The number of para-hydroxylation sites is 2. The van der Waals surface area contributed by atoms with E-state index >= 15 is 0 Å². The van der Waals surface area contributed by atoms with E-state index in [0.717, 1.165) is 65.7 Å². The quantitative estimate of drug-likeness (QED) is 0.170. The Balaban J connectivity index is 0.000000187. The molecule has 0 aromatic heterocycles. The molecule has 4 aliphatic rings. The van der Waals surface area contributed by atoms with Crippen molar-refractivity contribution in [2.75, 3.05) is 16.3 Å². The minimum Gasteiger partial charge on any atom is -0.481 e. The molecule has 3 aromatic carbocycles. The number of benzene rings is 3. The molecule has 0 fully saturated rings. The molecule has 7 rings (SSSR count). The summed E-state index contributed by atoms with van der Waals surface area (Å²) in [5.74, 6) is -3.25. The molecule has 346 valence electrons. The summed E-state index contributed by atoms with van der Waals surface area (Å²) in [4.78, 5) is 79.1. The molecular weight excluding hydrogens is 811 g/mol. The fourth-order valence-electron chi connectivity index (χ4n) is 9.42. The molecule has 12 heteroatoms. The molecule has 0 bridgehead atoms. The summed E-state index contributed by atoms with van der Waals surface area (Å²) in [6.45, 7) is 18.3.